The first-order chi connectivity index (χ1) is 9.81. The topological polar surface area (TPSA) is 56.0 Å². The van der Waals surface area contributed by atoms with Crippen molar-refractivity contribution in [3.8, 4) is 0 Å². The Morgan fingerprint density at radius 1 is 1.25 bits per heavy atom. The number of hydrogen-bond acceptors (Lipinski definition) is 3. The molecule has 1 atom stereocenters. The highest BCUT2D eigenvalue weighted by Gasteiger charge is 2.31. The molecule has 20 heavy (non-hydrogen) atoms. The molecule has 1 unspecified atom stereocenters. The van der Waals surface area contributed by atoms with E-state index in [1.54, 1.807) is 6.20 Å². The molecule has 1 aromatic heterocycles. The molecule has 3 nitrogen and oxygen atoms in total. The summed E-state index contributed by atoms with van der Waals surface area (Å²) in [5.41, 5.74) is 9.66. The van der Waals surface area contributed by atoms with Gasteiger partial charge >= 0.3 is 0 Å². The number of aromatic nitrogens is 1. The summed E-state index contributed by atoms with van der Waals surface area (Å²) in [5.74, 6) is 0.0941. The molecule has 2 N–H and O–H groups in total. The van der Waals surface area contributed by atoms with Gasteiger partial charge in [0.05, 0.1) is 11.6 Å². The number of hydrogen-bond donors (Lipinski definition) is 1. The molecule has 0 spiro atoms. The maximum atomic E-state index is 12.8. The predicted octanol–water partition coefficient (Wildman–Crippen LogP) is 2.50. The van der Waals surface area contributed by atoms with Crippen molar-refractivity contribution in [2.24, 2.45) is 5.73 Å². The Morgan fingerprint density at radius 2 is 2.10 bits per heavy atom. The molecule has 0 aliphatic heterocycles. The number of rotatable bonds is 4. The summed E-state index contributed by atoms with van der Waals surface area (Å²) < 4.78 is 0. The van der Waals surface area contributed by atoms with E-state index in [1.807, 2.05) is 30.3 Å². The van der Waals surface area contributed by atoms with Gasteiger partial charge in [-0.1, -0.05) is 30.3 Å². The Hall–Kier alpha value is -2.00. The van der Waals surface area contributed by atoms with Crippen molar-refractivity contribution >= 4 is 5.78 Å². The maximum Gasteiger partial charge on any atom is 0.172 e. The van der Waals surface area contributed by atoms with Crippen LogP contribution in [0.3, 0.4) is 0 Å². The van der Waals surface area contributed by atoms with Crippen molar-refractivity contribution in [1.29, 1.82) is 0 Å². The Bertz CT molecular complexity index is 636. The SMILES string of the molecule is NCCc1ccccc1C(=O)C1CCc2cccnc21. The third-order valence-corrected chi connectivity index (χ3v) is 3.97. The number of benzene rings is 1. The number of fused-ring (bicyclic) bond motifs is 1. The van der Waals surface area contributed by atoms with Crippen molar-refractivity contribution in [2.75, 3.05) is 6.54 Å². The average Bonchev–Trinajstić information content (AvgIpc) is 2.91. The van der Waals surface area contributed by atoms with Crippen LogP contribution in [0.25, 0.3) is 0 Å². The zero-order chi connectivity index (χ0) is 13.9. The zero-order valence-corrected chi connectivity index (χ0v) is 11.4. The summed E-state index contributed by atoms with van der Waals surface area (Å²) in [6.07, 6.45) is 4.32. The van der Waals surface area contributed by atoms with Crippen molar-refractivity contribution in [3.05, 3.63) is 65.0 Å². The highest BCUT2D eigenvalue weighted by Crippen LogP contribution is 2.34. The molecular formula is C17H18N2O. The van der Waals surface area contributed by atoms with Gasteiger partial charge < -0.3 is 5.73 Å². The third kappa shape index (κ3) is 2.25. The molecule has 0 radical (unpaired) electrons. The van der Waals surface area contributed by atoms with Crippen LogP contribution in [-0.2, 0) is 12.8 Å². The quantitative estimate of drug-likeness (QED) is 0.865. The Kier molecular flexibility index (Phi) is 3.61. The van der Waals surface area contributed by atoms with Gasteiger partial charge in [-0.2, -0.15) is 0 Å². The molecule has 1 heterocycles. The van der Waals surface area contributed by atoms with E-state index >= 15 is 0 Å². The van der Waals surface area contributed by atoms with Crippen LogP contribution < -0.4 is 5.73 Å². The molecule has 0 fully saturated rings. The molecule has 0 saturated carbocycles. The van der Waals surface area contributed by atoms with Crippen LogP contribution in [0.2, 0.25) is 0 Å². The van der Waals surface area contributed by atoms with E-state index < -0.39 is 0 Å². The molecule has 102 valence electrons. The van der Waals surface area contributed by atoms with Gasteiger partial charge in [0.15, 0.2) is 5.78 Å². The van der Waals surface area contributed by atoms with Gasteiger partial charge in [-0.3, -0.25) is 9.78 Å². The minimum atomic E-state index is -0.0925. The van der Waals surface area contributed by atoms with E-state index in [1.165, 1.54) is 5.56 Å². The Balaban J connectivity index is 1.95. The second kappa shape index (κ2) is 5.55. The number of nitrogens with two attached hydrogens (primary N) is 1. The van der Waals surface area contributed by atoms with Crippen molar-refractivity contribution in [1.82, 2.24) is 4.98 Å². The van der Waals surface area contributed by atoms with Gasteiger partial charge in [-0.15, -0.1) is 0 Å². The first-order valence-corrected chi connectivity index (χ1v) is 7.07. The second-order valence-corrected chi connectivity index (χ2v) is 5.20. The minimum Gasteiger partial charge on any atom is -0.330 e. The van der Waals surface area contributed by atoms with Gasteiger partial charge in [0.25, 0.3) is 0 Å². The van der Waals surface area contributed by atoms with E-state index in [4.69, 9.17) is 5.73 Å². The average molecular weight is 266 g/mol. The number of carbonyl (C=O) groups is 1. The molecule has 3 rings (SSSR count). The summed E-state index contributed by atoms with van der Waals surface area (Å²) in [5, 5.41) is 0. The fraction of sp³-hybridized carbons (Fsp3) is 0.294. The summed E-state index contributed by atoms with van der Waals surface area (Å²) in [6.45, 7) is 0.559. The van der Waals surface area contributed by atoms with Crippen LogP contribution in [0.15, 0.2) is 42.6 Å². The van der Waals surface area contributed by atoms with Crippen molar-refractivity contribution in [3.63, 3.8) is 0 Å². The van der Waals surface area contributed by atoms with Gasteiger partial charge in [0.1, 0.15) is 0 Å². The molecular weight excluding hydrogens is 248 g/mol. The summed E-state index contributed by atoms with van der Waals surface area (Å²) in [7, 11) is 0. The van der Waals surface area contributed by atoms with Crippen LogP contribution in [-0.4, -0.2) is 17.3 Å². The second-order valence-electron chi connectivity index (χ2n) is 5.20. The van der Waals surface area contributed by atoms with Crippen LogP contribution >= 0.6 is 0 Å². The molecule has 1 aliphatic carbocycles. The van der Waals surface area contributed by atoms with Crippen LogP contribution in [0.5, 0.6) is 0 Å². The van der Waals surface area contributed by atoms with Crippen molar-refractivity contribution in [2.45, 2.75) is 25.2 Å². The summed E-state index contributed by atoms with van der Waals surface area (Å²) in [6, 6.07) is 11.8. The molecule has 0 amide bonds. The lowest BCUT2D eigenvalue weighted by atomic mass is 9.91. The monoisotopic (exact) mass is 266 g/mol. The summed E-state index contributed by atoms with van der Waals surface area (Å²) >= 11 is 0. The highest BCUT2D eigenvalue weighted by atomic mass is 16.1. The highest BCUT2D eigenvalue weighted by molar-refractivity contribution is 6.02. The zero-order valence-electron chi connectivity index (χ0n) is 11.4. The van der Waals surface area contributed by atoms with E-state index in [0.29, 0.717) is 6.54 Å². The van der Waals surface area contributed by atoms with Crippen LogP contribution in [0.4, 0.5) is 0 Å². The molecule has 2 aromatic rings. The van der Waals surface area contributed by atoms with Gasteiger partial charge in [-0.25, -0.2) is 0 Å². The number of Topliss-reactive ketones (excluding diaryl/α,β-unsaturated/α-hetero) is 1. The smallest absolute Gasteiger partial charge is 0.172 e. The van der Waals surface area contributed by atoms with Crippen LogP contribution in [0.1, 0.15) is 39.5 Å². The lowest BCUT2D eigenvalue weighted by Gasteiger charge is -2.13. The van der Waals surface area contributed by atoms with E-state index in [0.717, 1.165) is 36.1 Å². The van der Waals surface area contributed by atoms with E-state index in [9.17, 15) is 4.79 Å². The predicted molar refractivity (Wildman–Crippen MR) is 78.8 cm³/mol. The Labute approximate surface area is 118 Å². The molecule has 1 aliphatic rings. The van der Waals surface area contributed by atoms with E-state index in [-0.39, 0.29) is 11.7 Å². The minimum absolute atomic E-state index is 0.0925. The number of ketones is 1. The first kappa shape index (κ1) is 13.0. The number of aryl methyl sites for hydroxylation is 1. The van der Waals surface area contributed by atoms with Gasteiger partial charge in [0.2, 0.25) is 0 Å². The number of nitrogens with zero attached hydrogens (tertiary/aromatic N) is 1. The lowest BCUT2D eigenvalue weighted by molar-refractivity contribution is 0.0957. The molecule has 0 saturated heterocycles. The van der Waals surface area contributed by atoms with Gasteiger partial charge in [-0.05, 0) is 43.0 Å². The number of carbonyl (C=O) groups excluding carboxylic acids is 1. The Morgan fingerprint density at radius 3 is 2.95 bits per heavy atom. The van der Waals surface area contributed by atoms with Crippen molar-refractivity contribution < 1.29 is 4.79 Å². The standard InChI is InChI=1S/C17H18N2O/c18-10-9-12-4-1-2-6-14(12)17(20)15-8-7-13-5-3-11-19-16(13)15/h1-6,11,15H,7-10,18H2. The maximum absolute atomic E-state index is 12.8. The molecule has 3 heteroatoms. The lowest BCUT2D eigenvalue weighted by Crippen LogP contribution is -2.15. The van der Waals surface area contributed by atoms with Gasteiger partial charge in [0, 0.05) is 11.8 Å². The fourth-order valence-corrected chi connectivity index (χ4v) is 2.99. The largest absolute Gasteiger partial charge is 0.330 e. The third-order valence-electron chi connectivity index (χ3n) is 3.97. The van der Waals surface area contributed by atoms with E-state index in [2.05, 4.69) is 11.1 Å². The normalized spacial score (nSPS) is 16.9. The molecule has 0 bridgehead atoms. The fourth-order valence-electron chi connectivity index (χ4n) is 2.99. The summed E-state index contributed by atoms with van der Waals surface area (Å²) in [4.78, 5) is 17.2. The number of pyridine rings is 1. The van der Waals surface area contributed by atoms with Crippen LogP contribution in [0, 0.1) is 0 Å². The first-order valence-electron chi connectivity index (χ1n) is 7.07. The molecule has 1 aromatic carbocycles.